The Balaban J connectivity index is 0.00000220. The van der Waals surface area contributed by atoms with Crippen LogP contribution in [0.25, 0.3) is 0 Å². The van der Waals surface area contributed by atoms with E-state index in [1.54, 1.807) is 0 Å². The first-order valence-electron chi connectivity index (χ1n) is 6.61. The van der Waals surface area contributed by atoms with Gasteiger partial charge in [-0.2, -0.15) is 13.2 Å². The van der Waals surface area contributed by atoms with Crippen LogP contribution in [0.15, 0.2) is 18.2 Å². The molecule has 0 bridgehead atoms. The van der Waals surface area contributed by atoms with Gasteiger partial charge in [0.05, 0.1) is 5.56 Å². The average molecular weight is 327 g/mol. The van der Waals surface area contributed by atoms with Crippen LogP contribution in [0.1, 0.15) is 24.5 Å². The standard InChI is InChI=1S/C14H18F4N2.ClH/c1-9-7-20(5-4-13(9)19)8-10-2-3-12(15)11(6-10)14(16,17)18;/h2-3,6,9,13H,4-5,7-8,19H2,1H3;1H. The molecule has 1 aromatic rings. The molecule has 1 aliphatic heterocycles. The van der Waals surface area contributed by atoms with Crippen molar-refractivity contribution in [3.63, 3.8) is 0 Å². The minimum absolute atomic E-state index is 0. The van der Waals surface area contributed by atoms with Gasteiger partial charge < -0.3 is 5.73 Å². The maximum atomic E-state index is 13.2. The smallest absolute Gasteiger partial charge is 0.327 e. The highest BCUT2D eigenvalue weighted by Gasteiger charge is 2.34. The van der Waals surface area contributed by atoms with Crippen LogP contribution in [0.3, 0.4) is 0 Å². The zero-order chi connectivity index (χ0) is 14.9. The van der Waals surface area contributed by atoms with Gasteiger partial charge in [-0.3, -0.25) is 4.90 Å². The predicted octanol–water partition coefficient (Wildman–Crippen LogP) is 3.44. The fourth-order valence-electron chi connectivity index (χ4n) is 2.54. The van der Waals surface area contributed by atoms with Gasteiger partial charge in [-0.1, -0.05) is 13.0 Å². The van der Waals surface area contributed by atoms with Gasteiger partial charge in [0.2, 0.25) is 0 Å². The Morgan fingerprint density at radius 1 is 1.33 bits per heavy atom. The molecule has 21 heavy (non-hydrogen) atoms. The van der Waals surface area contributed by atoms with E-state index in [-0.39, 0.29) is 18.4 Å². The number of hydrogen-bond acceptors (Lipinski definition) is 2. The van der Waals surface area contributed by atoms with Crippen LogP contribution in [0.2, 0.25) is 0 Å². The Morgan fingerprint density at radius 3 is 2.57 bits per heavy atom. The summed E-state index contributed by atoms with van der Waals surface area (Å²) in [6.07, 6.45) is -3.83. The first kappa shape index (κ1) is 18.2. The summed E-state index contributed by atoms with van der Waals surface area (Å²) in [5.74, 6) is -0.915. The summed E-state index contributed by atoms with van der Waals surface area (Å²) in [5.41, 5.74) is 5.19. The second kappa shape index (κ2) is 6.94. The van der Waals surface area contributed by atoms with Gasteiger partial charge in [-0.15, -0.1) is 12.4 Å². The molecule has 1 fully saturated rings. The van der Waals surface area contributed by atoms with Gasteiger partial charge in [0.1, 0.15) is 5.82 Å². The molecule has 2 N–H and O–H groups in total. The van der Waals surface area contributed by atoms with Gasteiger partial charge in [0.15, 0.2) is 0 Å². The zero-order valence-electron chi connectivity index (χ0n) is 11.7. The highest BCUT2D eigenvalue weighted by molar-refractivity contribution is 5.85. The fourth-order valence-corrected chi connectivity index (χ4v) is 2.54. The van der Waals surface area contributed by atoms with E-state index in [1.807, 2.05) is 6.92 Å². The minimum Gasteiger partial charge on any atom is -0.327 e. The van der Waals surface area contributed by atoms with Crippen molar-refractivity contribution in [2.75, 3.05) is 13.1 Å². The first-order chi connectivity index (χ1) is 9.27. The lowest BCUT2D eigenvalue weighted by molar-refractivity contribution is -0.140. The van der Waals surface area contributed by atoms with Crippen molar-refractivity contribution in [1.29, 1.82) is 0 Å². The largest absolute Gasteiger partial charge is 0.419 e. The van der Waals surface area contributed by atoms with E-state index in [9.17, 15) is 17.6 Å². The van der Waals surface area contributed by atoms with Crippen LogP contribution in [-0.2, 0) is 12.7 Å². The number of hydrogen-bond donors (Lipinski definition) is 1. The third-order valence-corrected chi connectivity index (χ3v) is 3.80. The zero-order valence-corrected chi connectivity index (χ0v) is 12.5. The summed E-state index contributed by atoms with van der Waals surface area (Å²) in [6, 6.07) is 3.33. The van der Waals surface area contributed by atoms with Gasteiger partial charge in [-0.25, -0.2) is 4.39 Å². The molecule has 2 atom stereocenters. The minimum atomic E-state index is -4.66. The molecule has 1 heterocycles. The summed E-state index contributed by atoms with van der Waals surface area (Å²) < 4.78 is 51.2. The third kappa shape index (κ3) is 4.56. The number of rotatable bonds is 2. The quantitative estimate of drug-likeness (QED) is 0.844. The average Bonchev–Trinajstić information content (AvgIpc) is 2.35. The third-order valence-electron chi connectivity index (χ3n) is 3.80. The molecule has 1 saturated heterocycles. The number of halogens is 5. The second-order valence-corrected chi connectivity index (χ2v) is 5.48. The Hall–Kier alpha value is -0.850. The number of likely N-dealkylation sites (tertiary alicyclic amines) is 1. The summed E-state index contributed by atoms with van der Waals surface area (Å²) in [7, 11) is 0. The molecule has 1 aliphatic rings. The van der Waals surface area contributed by atoms with Gasteiger partial charge in [-0.05, 0) is 36.6 Å². The lowest BCUT2D eigenvalue weighted by atomic mass is 9.94. The Labute approximate surface area is 127 Å². The highest BCUT2D eigenvalue weighted by atomic mass is 35.5. The summed E-state index contributed by atoms with van der Waals surface area (Å²) >= 11 is 0. The second-order valence-electron chi connectivity index (χ2n) is 5.48. The van der Waals surface area contributed by atoms with Crippen LogP contribution in [0.5, 0.6) is 0 Å². The Morgan fingerprint density at radius 2 is 2.00 bits per heavy atom. The van der Waals surface area contributed by atoms with E-state index in [0.29, 0.717) is 18.0 Å². The molecule has 0 saturated carbocycles. The van der Waals surface area contributed by atoms with E-state index < -0.39 is 17.6 Å². The normalized spacial score (nSPS) is 23.7. The number of nitrogens with two attached hydrogens (primary N) is 1. The summed E-state index contributed by atoms with van der Waals surface area (Å²) in [6.45, 7) is 3.92. The maximum absolute atomic E-state index is 13.2. The first-order valence-corrected chi connectivity index (χ1v) is 6.61. The molecular weight excluding hydrogens is 308 g/mol. The van der Waals surface area contributed by atoms with Crippen molar-refractivity contribution >= 4 is 12.4 Å². The van der Waals surface area contributed by atoms with Crippen LogP contribution < -0.4 is 5.73 Å². The number of piperidine rings is 1. The molecule has 0 radical (unpaired) electrons. The molecule has 0 aliphatic carbocycles. The van der Waals surface area contributed by atoms with Crippen LogP contribution in [0, 0.1) is 11.7 Å². The van der Waals surface area contributed by atoms with E-state index in [4.69, 9.17) is 5.73 Å². The predicted molar refractivity (Wildman–Crippen MR) is 75.7 cm³/mol. The SMILES string of the molecule is CC1CN(Cc2ccc(F)c(C(F)(F)F)c2)CCC1N.Cl. The van der Waals surface area contributed by atoms with E-state index in [1.165, 1.54) is 6.07 Å². The van der Waals surface area contributed by atoms with Crippen molar-refractivity contribution in [2.24, 2.45) is 11.7 Å². The molecular formula is C14H19ClF4N2. The number of benzene rings is 1. The monoisotopic (exact) mass is 326 g/mol. The molecule has 2 unspecified atom stereocenters. The van der Waals surface area contributed by atoms with Gasteiger partial charge >= 0.3 is 6.18 Å². The highest BCUT2D eigenvalue weighted by Crippen LogP contribution is 2.32. The Bertz CT molecular complexity index is 479. The van der Waals surface area contributed by atoms with E-state index in [0.717, 1.165) is 31.6 Å². The van der Waals surface area contributed by atoms with Crippen molar-refractivity contribution in [1.82, 2.24) is 4.90 Å². The molecule has 2 rings (SSSR count). The molecule has 0 amide bonds. The van der Waals surface area contributed by atoms with Gasteiger partial charge in [0.25, 0.3) is 0 Å². The van der Waals surface area contributed by atoms with Crippen LogP contribution >= 0.6 is 12.4 Å². The Kier molecular flexibility index (Phi) is 6.01. The molecule has 7 heteroatoms. The molecule has 2 nitrogen and oxygen atoms in total. The number of nitrogens with zero attached hydrogens (tertiary/aromatic N) is 1. The molecule has 120 valence electrons. The lowest BCUT2D eigenvalue weighted by Gasteiger charge is -2.35. The van der Waals surface area contributed by atoms with E-state index in [2.05, 4.69) is 4.90 Å². The fraction of sp³-hybridized carbons (Fsp3) is 0.571. The van der Waals surface area contributed by atoms with Gasteiger partial charge in [0, 0.05) is 19.1 Å². The summed E-state index contributed by atoms with van der Waals surface area (Å²) in [4.78, 5) is 2.06. The molecule has 0 aromatic heterocycles. The van der Waals surface area contributed by atoms with E-state index >= 15 is 0 Å². The lowest BCUT2D eigenvalue weighted by Crippen LogP contribution is -2.45. The summed E-state index contributed by atoms with van der Waals surface area (Å²) in [5, 5.41) is 0. The van der Waals surface area contributed by atoms with Crippen molar-refractivity contribution in [2.45, 2.75) is 32.1 Å². The van der Waals surface area contributed by atoms with Crippen molar-refractivity contribution in [3.8, 4) is 0 Å². The molecule has 0 spiro atoms. The maximum Gasteiger partial charge on any atom is 0.419 e. The van der Waals surface area contributed by atoms with Crippen LogP contribution in [0.4, 0.5) is 17.6 Å². The topological polar surface area (TPSA) is 29.3 Å². The van der Waals surface area contributed by atoms with Crippen molar-refractivity contribution in [3.05, 3.63) is 35.1 Å². The van der Waals surface area contributed by atoms with Crippen LogP contribution in [-0.4, -0.2) is 24.0 Å². The number of alkyl halides is 3. The van der Waals surface area contributed by atoms with Crippen molar-refractivity contribution < 1.29 is 17.6 Å². The molecule has 1 aromatic carbocycles.